The van der Waals surface area contributed by atoms with E-state index < -0.39 is 0 Å². The third-order valence-electron chi connectivity index (χ3n) is 6.87. The number of aromatic nitrogens is 3. The lowest BCUT2D eigenvalue weighted by molar-refractivity contribution is 0.286. The van der Waals surface area contributed by atoms with Gasteiger partial charge in [-0.2, -0.15) is 0 Å². The molecule has 38 heavy (non-hydrogen) atoms. The van der Waals surface area contributed by atoms with E-state index in [0.29, 0.717) is 37.1 Å². The lowest BCUT2D eigenvalue weighted by Gasteiger charge is -2.20. The Kier molecular flexibility index (Phi) is 6.61. The van der Waals surface area contributed by atoms with E-state index in [1.54, 1.807) is 0 Å². The molecule has 0 aliphatic rings. The Morgan fingerprint density at radius 2 is 1.32 bits per heavy atom. The van der Waals surface area contributed by atoms with Gasteiger partial charge in [-0.25, -0.2) is 15.0 Å². The molecule has 0 bridgehead atoms. The van der Waals surface area contributed by atoms with Crippen LogP contribution in [-0.2, 0) is 25.9 Å². The fourth-order valence-electron chi connectivity index (χ4n) is 4.86. The lowest BCUT2D eigenvalue weighted by Crippen LogP contribution is -2.13. The van der Waals surface area contributed by atoms with E-state index in [-0.39, 0.29) is 5.92 Å². The fourth-order valence-corrected chi connectivity index (χ4v) is 4.86. The van der Waals surface area contributed by atoms with Crippen LogP contribution in [0.5, 0.6) is 5.88 Å². The second-order valence-corrected chi connectivity index (χ2v) is 9.51. The molecule has 0 saturated carbocycles. The molecule has 6 rings (SSSR count). The maximum absolute atomic E-state index is 6.36. The Hall–Kier alpha value is -4.45. The van der Waals surface area contributed by atoms with E-state index in [9.17, 15) is 0 Å². The molecule has 0 atom stereocenters. The van der Waals surface area contributed by atoms with Crippen molar-refractivity contribution in [2.75, 3.05) is 0 Å². The zero-order chi connectivity index (χ0) is 25.9. The van der Waals surface area contributed by atoms with Crippen molar-refractivity contribution in [1.82, 2.24) is 15.0 Å². The van der Waals surface area contributed by atoms with Crippen LogP contribution in [0.1, 0.15) is 47.0 Å². The first-order valence-corrected chi connectivity index (χ1v) is 13.0. The number of hydrogen-bond acceptors (Lipinski definition) is 6. The van der Waals surface area contributed by atoms with Crippen LogP contribution < -0.4 is 4.74 Å². The molecule has 0 N–H and O–H groups in total. The highest BCUT2D eigenvalue weighted by Crippen LogP contribution is 2.34. The number of oxazole rings is 2. The Bertz CT molecular complexity index is 1550. The molecule has 0 amide bonds. The molecule has 190 valence electrons. The maximum atomic E-state index is 6.36. The van der Waals surface area contributed by atoms with Crippen LogP contribution >= 0.6 is 0 Å². The highest BCUT2D eigenvalue weighted by Gasteiger charge is 2.25. The number of ether oxygens (including phenoxy) is 1. The molecule has 0 saturated heterocycles. The zero-order valence-electron chi connectivity index (χ0n) is 21.6. The molecule has 0 radical (unpaired) electrons. The van der Waals surface area contributed by atoms with E-state index in [4.69, 9.17) is 28.5 Å². The van der Waals surface area contributed by atoms with Gasteiger partial charge in [0.25, 0.3) is 0 Å². The topological polar surface area (TPSA) is 74.2 Å². The number of pyridine rings is 1. The summed E-state index contributed by atoms with van der Waals surface area (Å²) >= 11 is 0. The van der Waals surface area contributed by atoms with Gasteiger partial charge in [0.15, 0.2) is 22.9 Å². The molecule has 0 unspecified atom stereocenters. The molecular weight excluding hydrogens is 474 g/mol. The third kappa shape index (κ3) is 5.02. The Balaban J connectivity index is 1.41. The number of benzene rings is 3. The molecule has 0 aliphatic carbocycles. The van der Waals surface area contributed by atoms with Crippen LogP contribution in [0.3, 0.4) is 0 Å². The van der Waals surface area contributed by atoms with Crippen LogP contribution in [-0.4, -0.2) is 15.0 Å². The average molecular weight is 504 g/mol. The highest BCUT2D eigenvalue weighted by molar-refractivity contribution is 5.72. The van der Waals surface area contributed by atoms with Gasteiger partial charge in [0.05, 0.1) is 0 Å². The third-order valence-corrected chi connectivity index (χ3v) is 6.87. The Morgan fingerprint density at radius 1 is 0.737 bits per heavy atom. The van der Waals surface area contributed by atoms with E-state index in [1.165, 1.54) is 5.56 Å². The molecule has 0 spiro atoms. The van der Waals surface area contributed by atoms with Crippen molar-refractivity contribution in [3.05, 3.63) is 119 Å². The van der Waals surface area contributed by atoms with Crippen LogP contribution in [0.4, 0.5) is 0 Å². The minimum Gasteiger partial charge on any atom is -0.473 e. The summed E-state index contributed by atoms with van der Waals surface area (Å²) in [5.41, 5.74) is 7.51. The predicted molar refractivity (Wildman–Crippen MR) is 147 cm³/mol. The van der Waals surface area contributed by atoms with E-state index >= 15 is 0 Å². The van der Waals surface area contributed by atoms with E-state index in [0.717, 1.165) is 45.4 Å². The first kappa shape index (κ1) is 23.9. The number of para-hydroxylation sites is 4. The average Bonchev–Trinajstić information content (AvgIpc) is 3.55. The van der Waals surface area contributed by atoms with Gasteiger partial charge in [0, 0.05) is 30.0 Å². The number of hydrogen-bond donors (Lipinski definition) is 0. The van der Waals surface area contributed by atoms with Crippen molar-refractivity contribution in [3.8, 4) is 5.88 Å². The van der Waals surface area contributed by atoms with Gasteiger partial charge in [-0.3, -0.25) is 0 Å². The molecule has 6 nitrogen and oxygen atoms in total. The predicted octanol–water partition coefficient (Wildman–Crippen LogP) is 7.38. The van der Waals surface area contributed by atoms with Crippen molar-refractivity contribution in [2.45, 2.75) is 45.6 Å². The number of fused-ring (bicyclic) bond motifs is 2. The van der Waals surface area contributed by atoms with Crippen molar-refractivity contribution in [3.63, 3.8) is 0 Å². The van der Waals surface area contributed by atoms with Gasteiger partial charge in [0.2, 0.25) is 5.88 Å². The Labute approximate surface area is 221 Å². The Morgan fingerprint density at radius 3 is 1.89 bits per heavy atom. The molecule has 6 heteroatoms. The number of aryl methyl sites for hydroxylation is 2. The summed E-state index contributed by atoms with van der Waals surface area (Å²) in [5.74, 6) is 1.89. The van der Waals surface area contributed by atoms with Gasteiger partial charge >= 0.3 is 0 Å². The lowest BCUT2D eigenvalue weighted by atomic mass is 9.91. The van der Waals surface area contributed by atoms with Gasteiger partial charge < -0.3 is 13.6 Å². The molecule has 3 aromatic carbocycles. The van der Waals surface area contributed by atoms with Crippen LogP contribution in [0.25, 0.3) is 22.2 Å². The summed E-state index contributed by atoms with van der Waals surface area (Å²) < 4.78 is 18.7. The number of rotatable bonds is 9. The van der Waals surface area contributed by atoms with Crippen LogP contribution in [0, 0.1) is 6.92 Å². The molecule has 0 aliphatic heterocycles. The largest absolute Gasteiger partial charge is 0.473 e. The van der Waals surface area contributed by atoms with Crippen molar-refractivity contribution in [2.24, 2.45) is 0 Å². The molecule has 3 aromatic heterocycles. The molecule has 3 heterocycles. The smallest absolute Gasteiger partial charge is 0.217 e. The monoisotopic (exact) mass is 503 g/mol. The van der Waals surface area contributed by atoms with Gasteiger partial charge in [-0.05, 0) is 54.8 Å². The molecule has 0 fully saturated rings. The number of nitrogens with zero attached hydrogens (tertiary/aromatic N) is 3. The summed E-state index contributed by atoms with van der Waals surface area (Å²) in [6.07, 6.45) is 2.00. The van der Waals surface area contributed by atoms with Crippen molar-refractivity contribution >= 4 is 22.2 Å². The molecular formula is C32H29N3O3. The minimum atomic E-state index is -0.0692. The summed E-state index contributed by atoms with van der Waals surface area (Å²) in [7, 11) is 0. The first-order valence-electron chi connectivity index (χ1n) is 13.0. The summed E-state index contributed by atoms with van der Waals surface area (Å²) in [6, 6.07) is 28.0. The minimum absolute atomic E-state index is 0.0692. The van der Waals surface area contributed by atoms with Gasteiger partial charge in [-0.15, -0.1) is 0 Å². The van der Waals surface area contributed by atoms with Gasteiger partial charge in [0.1, 0.15) is 17.6 Å². The first-order chi connectivity index (χ1) is 18.7. The standard InChI is InChI=1S/C32H29N3O3/c1-3-23-17-25(32(33-21(23)2)36-20-22-11-5-4-6-12-22)24(18-30-34-26-13-7-9-15-28(26)37-30)19-31-35-27-14-8-10-16-29(27)38-31/h4-17,24H,3,18-20H2,1-2H3. The SMILES string of the molecule is CCc1cc(C(Cc2nc3ccccc3o2)Cc2nc3ccccc3o2)c(OCc2ccccc2)nc1C. The van der Waals surface area contributed by atoms with Crippen molar-refractivity contribution < 1.29 is 13.6 Å². The quantitative estimate of drug-likeness (QED) is 0.205. The maximum Gasteiger partial charge on any atom is 0.217 e. The zero-order valence-corrected chi connectivity index (χ0v) is 21.6. The summed E-state index contributed by atoms with van der Waals surface area (Å²) in [6.45, 7) is 4.62. The summed E-state index contributed by atoms with van der Waals surface area (Å²) in [5, 5.41) is 0. The van der Waals surface area contributed by atoms with Crippen LogP contribution in [0.15, 0.2) is 93.8 Å². The fraction of sp³-hybridized carbons (Fsp3) is 0.219. The van der Waals surface area contributed by atoms with Crippen LogP contribution in [0.2, 0.25) is 0 Å². The summed E-state index contributed by atoms with van der Waals surface area (Å²) in [4.78, 5) is 14.5. The second-order valence-electron chi connectivity index (χ2n) is 9.51. The normalized spacial score (nSPS) is 11.6. The van der Waals surface area contributed by atoms with Crippen molar-refractivity contribution in [1.29, 1.82) is 0 Å². The molecule has 6 aromatic rings. The van der Waals surface area contributed by atoms with E-state index in [2.05, 4.69) is 25.1 Å². The van der Waals surface area contributed by atoms with Gasteiger partial charge in [-0.1, -0.05) is 61.5 Å². The highest BCUT2D eigenvalue weighted by atomic mass is 16.5. The van der Waals surface area contributed by atoms with E-state index in [1.807, 2.05) is 73.7 Å². The second kappa shape index (κ2) is 10.5.